The van der Waals surface area contributed by atoms with Crippen LogP contribution < -0.4 is 10.6 Å². The van der Waals surface area contributed by atoms with Crippen molar-refractivity contribution in [3.63, 3.8) is 0 Å². The summed E-state index contributed by atoms with van der Waals surface area (Å²) >= 11 is 0. The molecular weight excluding hydrogens is 320 g/mol. The number of carbonyl (C=O) groups is 2. The van der Waals surface area contributed by atoms with Crippen LogP contribution in [-0.2, 0) is 9.53 Å². The Hall–Kier alpha value is -2.08. The van der Waals surface area contributed by atoms with Crippen molar-refractivity contribution in [3.05, 3.63) is 35.9 Å². The molecule has 0 aliphatic heterocycles. The third kappa shape index (κ3) is 7.13. The smallest absolute Gasteiger partial charge is 0.408 e. The van der Waals surface area contributed by atoms with Gasteiger partial charge in [-0.05, 0) is 39.2 Å². The molecule has 0 saturated heterocycles. The third-order valence-electron chi connectivity index (χ3n) is 3.61. The Morgan fingerprint density at radius 3 is 2.08 bits per heavy atom. The SMILES string of the molecule is CC(C)[C@H](NC(=O)OC(C)(C)C)C(=O)N[C@@H](C)[C@H](O)c1ccccc1. The molecule has 3 N–H and O–H groups in total. The first-order valence-corrected chi connectivity index (χ1v) is 8.54. The van der Waals surface area contributed by atoms with Gasteiger partial charge in [-0.15, -0.1) is 0 Å². The van der Waals surface area contributed by atoms with Gasteiger partial charge in [-0.25, -0.2) is 4.79 Å². The summed E-state index contributed by atoms with van der Waals surface area (Å²) in [6, 6.07) is 7.86. The summed E-state index contributed by atoms with van der Waals surface area (Å²) in [7, 11) is 0. The van der Waals surface area contributed by atoms with Gasteiger partial charge in [-0.1, -0.05) is 44.2 Å². The van der Waals surface area contributed by atoms with Gasteiger partial charge in [0.1, 0.15) is 11.6 Å². The molecule has 1 rings (SSSR count). The lowest BCUT2D eigenvalue weighted by molar-refractivity contribution is -0.125. The highest BCUT2D eigenvalue weighted by molar-refractivity contribution is 5.86. The van der Waals surface area contributed by atoms with Crippen molar-refractivity contribution in [1.29, 1.82) is 0 Å². The second-order valence-corrected chi connectivity index (χ2v) is 7.52. The van der Waals surface area contributed by atoms with E-state index in [4.69, 9.17) is 4.74 Å². The molecule has 0 aromatic heterocycles. The molecule has 140 valence electrons. The van der Waals surface area contributed by atoms with Crippen LogP contribution in [0.2, 0.25) is 0 Å². The summed E-state index contributed by atoms with van der Waals surface area (Å²) in [4.78, 5) is 24.5. The monoisotopic (exact) mass is 350 g/mol. The largest absolute Gasteiger partial charge is 0.444 e. The molecule has 2 amide bonds. The van der Waals surface area contributed by atoms with Crippen molar-refractivity contribution < 1.29 is 19.4 Å². The number of aliphatic hydroxyl groups is 1. The number of hydrogen-bond acceptors (Lipinski definition) is 4. The normalized spacial score (nSPS) is 15.2. The fraction of sp³-hybridized carbons (Fsp3) is 0.579. The first kappa shape index (κ1) is 21.0. The number of aliphatic hydroxyl groups excluding tert-OH is 1. The van der Waals surface area contributed by atoms with Gasteiger partial charge in [0.25, 0.3) is 0 Å². The zero-order chi connectivity index (χ0) is 19.2. The van der Waals surface area contributed by atoms with Gasteiger partial charge in [0.15, 0.2) is 0 Å². The molecule has 1 aromatic rings. The molecule has 3 atom stereocenters. The van der Waals surface area contributed by atoms with Crippen LogP contribution in [0, 0.1) is 5.92 Å². The Kier molecular flexibility index (Phi) is 7.42. The van der Waals surface area contributed by atoms with Crippen LogP contribution in [0.4, 0.5) is 4.79 Å². The molecule has 0 spiro atoms. The Labute approximate surface area is 150 Å². The summed E-state index contributed by atoms with van der Waals surface area (Å²) in [5.74, 6) is -0.489. The maximum Gasteiger partial charge on any atom is 0.408 e. The van der Waals surface area contributed by atoms with Crippen molar-refractivity contribution in [2.45, 2.75) is 65.3 Å². The van der Waals surface area contributed by atoms with Crippen LogP contribution in [0.15, 0.2) is 30.3 Å². The number of alkyl carbamates (subject to hydrolysis) is 1. The minimum Gasteiger partial charge on any atom is -0.444 e. The minimum absolute atomic E-state index is 0.131. The zero-order valence-corrected chi connectivity index (χ0v) is 15.9. The summed E-state index contributed by atoms with van der Waals surface area (Å²) in [5.41, 5.74) is 0.0790. The Morgan fingerprint density at radius 1 is 1.04 bits per heavy atom. The predicted octanol–water partition coefficient (Wildman–Crippen LogP) is 2.77. The number of amides is 2. The number of hydrogen-bond donors (Lipinski definition) is 3. The molecule has 0 heterocycles. The van der Waals surface area contributed by atoms with E-state index in [9.17, 15) is 14.7 Å². The first-order chi connectivity index (χ1) is 11.5. The number of nitrogens with one attached hydrogen (secondary N) is 2. The number of carbonyl (C=O) groups excluding carboxylic acids is 2. The van der Waals surface area contributed by atoms with Gasteiger partial charge in [0.05, 0.1) is 12.1 Å². The molecule has 6 nitrogen and oxygen atoms in total. The summed E-state index contributed by atoms with van der Waals surface area (Å²) in [5, 5.41) is 15.7. The van der Waals surface area contributed by atoms with Crippen LogP contribution in [0.25, 0.3) is 0 Å². The van der Waals surface area contributed by atoms with Gasteiger partial charge < -0.3 is 20.5 Å². The maximum atomic E-state index is 12.5. The minimum atomic E-state index is -0.834. The molecule has 0 aliphatic rings. The van der Waals surface area contributed by atoms with Crippen LogP contribution in [0.1, 0.15) is 53.2 Å². The quantitative estimate of drug-likeness (QED) is 0.736. The summed E-state index contributed by atoms with van der Waals surface area (Å²) < 4.78 is 5.21. The number of rotatable bonds is 6. The second kappa shape index (κ2) is 8.85. The van der Waals surface area contributed by atoms with E-state index in [0.717, 1.165) is 5.56 Å². The van der Waals surface area contributed by atoms with Crippen LogP contribution in [0.3, 0.4) is 0 Å². The van der Waals surface area contributed by atoms with E-state index in [0.29, 0.717) is 0 Å². The highest BCUT2D eigenvalue weighted by atomic mass is 16.6. The second-order valence-electron chi connectivity index (χ2n) is 7.52. The fourth-order valence-electron chi connectivity index (χ4n) is 2.30. The van der Waals surface area contributed by atoms with Gasteiger partial charge >= 0.3 is 6.09 Å². The highest BCUT2D eigenvalue weighted by Crippen LogP contribution is 2.16. The summed E-state index contributed by atoms with van der Waals surface area (Å²) in [6.07, 6.45) is -1.47. The Balaban J connectivity index is 2.71. The van der Waals surface area contributed by atoms with Crippen molar-refractivity contribution in [2.24, 2.45) is 5.92 Å². The van der Waals surface area contributed by atoms with E-state index in [1.807, 2.05) is 32.0 Å². The summed E-state index contributed by atoms with van der Waals surface area (Å²) in [6.45, 7) is 10.7. The molecule has 0 aliphatic carbocycles. The number of ether oxygens (including phenoxy) is 1. The van der Waals surface area contributed by atoms with Gasteiger partial charge in [-0.2, -0.15) is 0 Å². The Morgan fingerprint density at radius 2 is 1.60 bits per heavy atom. The van der Waals surface area contributed by atoms with E-state index in [1.54, 1.807) is 39.8 Å². The molecule has 0 saturated carbocycles. The topological polar surface area (TPSA) is 87.7 Å². The molecule has 6 heteroatoms. The zero-order valence-electron chi connectivity index (χ0n) is 15.9. The van der Waals surface area contributed by atoms with Crippen LogP contribution in [0.5, 0.6) is 0 Å². The van der Waals surface area contributed by atoms with Crippen molar-refractivity contribution in [2.75, 3.05) is 0 Å². The van der Waals surface area contributed by atoms with Gasteiger partial charge in [0, 0.05) is 0 Å². The van der Waals surface area contributed by atoms with Crippen molar-refractivity contribution in [1.82, 2.24) is 10.6 Å². The van der Waals surface area contributed by atoms with Crippen LogP contribution >= 0.6 is 0 Å². The molecule has 25 heavy (non-hydrogen) atoms. The third-order valence-corrected chi connectivity index (χ3v) is 3.61. The number of benzene rings is 1. The molecule has 1 aromatic carbocycles. The molecule has 0 bridgehead atoms. The molecule has 0 radical (unpaired) electrons. The molecule has 0 unspecified atom stereocenters. The van der Waals surface area contributed by atoms with Crippen LogP contribution in [-0.4, -0.2) is 34.8 Å². The average molecular weight is 350 g/mol. The van der Waals surface area contributed by atoms with Crippen molar-refractivity contribution >= 4 is 12.0 Å². The molecule has 0 fully saturated rings. The lowest BCUT2D eigenvalue weighted by Gasteiger charge is -2.27. The lowest BCUT2D eigenvalue weighted by Crippen LogP contribution is -2.53. The van der Waals surface area contributed by atoms with E-state index in [1.165, 1.54) is 0 Å². The van der Waals surface area contributed by atoms with E-state index < -0.39 is 29.9 Å². The van der Waals surface area contributed by atoms with E-state index in [-0.39, 0.29) is 11.8 Å². The van der Waals surface area contributed by atoms with Gasteiger partial charge in [-0.3, -0.25) is 4.79 Å². The Bertz CT molecular complexity index is 567. The fourth-order valence-corrected chi connectivity index (χ4v) is 2.30. The highest BCUT2D eigenvalue weighted by Gasteiger charge is 2.29. The maximum absolute atomic E-state index is 12.5. The van der Waals surface area contributed by atoms with Crippen molar-refractivity contribution in [3.8, 4) is 0 Å². The molecular formula is C19H30N2O4. The first-order valence-electron chi connectivity index (χ1n) is 8.54. The lowest BCUT2D eigenvalue weighted by atomic mass is 10.0. The predicted molar refractivity (Wildman–Crippen MR) is 97.0 cm³/mol. The van der Waals surface area contributed by atoms with E-state index in [2.05, 4.69) is 10.6 Å². The average Bonchev–Trinajstić information content (AvgIpc) is 2.50. The van der Waals surface area contributed by atoms with E-state index >= 15 is 0 Å². The van der Waals surface area contributed by atoms with Gasteiger partial charge in [0.2, 0.25) is 5.91 Å². The standard InChI is InChI=1S/C19H30N2O4/c1-12(2)15(21-18(24)25-19(4,5)6)17(23)20-13(3)16(22)14-10-8-7-9-11-14/h7-13,15-16,22H,1-6H3,(H,20,23)(H,21,24)/t13-,15-,16-/m0/s1.